The molecule has 2 aromatic carbocycles. The third-order valence-corrected chi connectivity index (χ3v) is 11.7. The molecule has 0 saturated heterocycles. The minimum atomic E-state index is -1.29. The molecule has 1 saturated carbocycles. The Labute approximate surface area is 400 Å². The number of aromatic nitrogens is 2. The lowest BCUT2D eigenvalue weighted by Gasteiger charge is -2.35. The van der Waals surface area contributed by atoms with Gasteiger partial charge in [0, 0.05) is 37.7 Å². The number of H-pyrrole nitrogens is 1. The Bertz CT molecular complexity index is 2010. The lowest BCUT2D eigenvalue weighted by atomic mass is 9.83. The van der Waals surface area contributed by atoms with Crippen molar-refractivity contribution in [3.8, 4) is 0 Å². The number of carboxylic acid groups (broad SMARTS) is 1. The molecule has 6 amide bonds. The van der Waals surface area contributed by atoms with Gasteiger partial charge in [-0.1, -0.05) is 107 Å². The summed E-state index contributed by atoms with van der Waals surface area (Å²) >= 11 is 0. The van der Waals surface area contributed by atoms with Gasteiger partial charge < -0.3 is 57.2 Å². The number of unbranched alkanes of at least 4 members (excludes halogenated alkanes) is 1. The van der Waals surface area contributed by atoms with Crippen LogP contribution >= 0.6 is 0 Å². The fourth-order valence-corrected chi connectivity index (χ4v) is 8.34. The number of carboxylic acids is 1. The maximum Gasteiger partial charge on any atom is 0.408 e. The summed E-state index contributed by atoms with van der Waals surface area (Å²) in [5.74, 6) is -3.02. The average molecular weight is 946 g/mol. The number of aliphatic carboxylic acids is 1. The molecule has 1 aliphatic rings. The van der Waals surface area contributed by atoms with Gasteiger partial charge in [0.2, 0.25) is 17.7 Å². The normalized spacial score (nSPS) is 15.7. The molecule has 1 fully saturated rings. The van der Waals surface area contributed by atoms with Crippen molar-refractivity contribution in [2.75, 3.05) is 19.6 Å². The van der Waals surface area contributed by atoms with Crippen LogP contribution in [0.25, 0.3) is 0 Å². The predicted octanol–water partition coefficient (Wildman–Crippen LogP) is 4.37. The highest BCUT2D eigenvalue weighted by Crippen LogP contribution is 2.28. The Morgan fingerprint density at radius 3 is 1.90 bits per heavy atom. The molecule has 4 rings (SSSR count). The molecule has 3 aromatic rings. The zero-order chi connectivity index (χ0) is 49.6. The van der Waals surface area contributed by atoms with Crippen molar-refractivity contribution >= 4 is 35.8 Å². The van der Waals surface area contributed by atoms with Crippen LogP contribution in [0, 0.1) is 11.8 Å². The summed E-state index contributed by atoms with van der Waals surface area (Å²) in [5, 5.41) is 36.2. The van der Waals surface area contributed by atoms with E-state index in [1.807, 2.05) is 50.2 Å². The molecule has 18 heteroatoms. The Morgan fingerprint density at radius 1 is 0.765 bits per heavy atom. The number of nitrogens with zero attached hydrogens (tertiary/aromatic N) is 2. The molecular formula is C50H75N9O9. The molecule has 0 spiro atoms. The number of aromatic amines is 1. The second kappa shape index (κ2) is 27.7. The number of aliphatic hydroxyl groups is 1. The van der Waals surface area contributed by atoms with Gasteiger partial charge in [-0.15, -0.1) is 0 Å². The van der Waals surface area contributed by atoms with Crippen molar-refractivity contribution in [3.63, 3.8) is 0 Å². The predicted molar refractivity (Wildman–Crippen MR) is 258 cm³/mol. The van der Waals surface area contributed by atoms with Crippen LogP contribution in [-0.2, 0) is 43.2 Å². The van der Waals surface area contributed by atoms with E-state index in [0.29, 0.717) is 37.1 Å². The summed E-state index contributed by atoms with van der Waals surface area (Å²) in [6.45, 7) is 9.27. The molecule has 0 unspecified atom stereocenters. The van der Waals surface area contributed by atoms with E-state index in [9.17, 15) is 39.0 Å². The standard InChI is InChI=1S/C50H75N9O9/c1-33(2)30-59(48(66)57-38(23-15-16-24-51)44(61)56-42(47(64)65)27-36-21-13-8-14-22-36)31-43(60)39(25-34-17-9-6-10-18-34)54-46(63)41(28-37-29-52-32-53-37)55-45(62)40(26-35-19-11-7-12-20-35)58-49(67)68-50(3,4)5/h7-8,11-14,19-22,29,32-34,38-43,60H,6,9-10,15-18,23-28,30-31,51H2,1-5H3,(H,52,53)(H,54,63)(H,55,62)(H,56,61)(H,57,66)(H,58,67)(H,64,65)/t38-,39-,40-,41-,42-,43-/m0/s1. The van der Waals surface area contributed by atoms with E-state index in [-0.39, 0.29) is 50.6 Å². The van der Waals surface area contributed by atoms with Crippen molar-refractivity contribution in [1.29, 1.82) is 0 Å². The van der Waals surface area contributed by atoms with Gasteiger partial charge in [-0.3, -0.25) is 14.4 Å². The number of alkyl carbamates (subject to hydrolysis) is 1. The number of rotatable bonds is 26. The maximum atomic E-state index is 14.6. The van der Waals surface area contributed by atoms with E-state index in [0.717, 1.165) is 37.7 Å². The number of ether oxygens (including phenoxy) is 1. The van der Waals surface area contributed by atoms with E-state index >= 15 is 0 Å². The van der Waals surface area contributed by atoms with Gasteiger partial charge in [-0.2, -0.15) is 0 Å². The molecular weight excluding hydrogens is 871 g/mol. The quantitative estimate of drug-likeness (QED) is 0.0510. The van der Waals surface area contributed by atoms with Crippen LogP contribution in [0.5, 0.6) is 0 Å². The number of benzene rings is 2. The molecule has 18 nitrogen and oxygen atoms in total. The highest BCUT2D eigenvalue weighted by molar-refractivity contribution is 5.92. The number of hydrogen-bond donors (Lipinski definition) is 9. The highest BCUT2D eigenvalue weighted by atomic mass is 16.6. The summed E-state index contributed by atoms with van der Waals surface area (Å²) < 4.78 is 5.49. The number of hydrogen-bond acceptors (Lipinski definition) is 10. The molecule has 1 aromatic heterocycles. The maximum absolute atomic E-state index is 14.6. The highest BCUT2D eigenvalue weighted by Gasteiger charge is 2.35. The van der Waals surface area contributed by atoms with Crippen LogP contribution in [0.15, 0.2) is 73.2 Å². The molecule has 0 aliphatic heterocycles. The fraction of sp³-hybridized carbons (Fsp3) is 0.580. The van der Waals surface area contributed by atoms with Crippen molar-refractivity contribution < 1.29 is 43.7 Å². The second-order valence-corrected chi connectivity index (χ2v) is 19.3. The number of amides is 6. The van der Waals surface area contributed by atoms with E-state index in [4.69, 9.17) is 10.5 Å². The third-order valence-electron chi connectivity index (χ3n) is 11.7. The smallest absolute Gasteiger partial charge is 0.408 e. The fourth-order valence-electron chi connectivity index (χ4n) is 8.34. The third kappa shape index (κ3) is 19.7. The lowest BCUT2D eigenvalue weighted by Crippen LogP contribution is -2.59. The Kier molecular flexibility index (Phi) is 22.3. The van der Waals surface area contributed by atoms with E-state index in [1.165, 1.54) is 17.4 Å². The molecule has 1 heterocycles. The van der Waals surface area contributed by atoms with Crippen molar-refractivity contribution in [2.24, 2.45) is 17.6 Å². The first-order valence-electron chi connectivity index (χ1n) is 24.0. The van der Waals surface area contributed by atoms with Crippen LogP contribution in [-0.4, -0.2) is 122 Å². The molecule has 6 atom stereocenters. The van der Waals surface area contributed by atoms with Crippen LogP contribution in [0.4, 0.5) is 9.59 Å². The first-order valence-corrected chi connectivity index (χ1v) is 24.0. The van der Waals surface area contributed by atoms with Gasteiger partial charge in [0.25, 0.3) is 0 Å². The number of aliphatic hydroxyl groups excluding tert-OH is 1. The van der Waals surface area contributed by atoms with Crippen LogP contribution in [0.3, 0.4) is 0 Å². The van der Waals surface area contributed by atoms with Gasteiger partial charge in [-0.05, 0) is 76.0 Å². The van der Waals surface area contributed by atoms with E-state index in [1.54, 1.807) is 45.0 Å². The van der Waals surface area contributed by atoms with Gasteiger partial charge >= 0.3 is 18.1 Å². The van der Waals surface area contributed by atoms with E-state index < -0.39 is 77.7 Å². The Balaban J connectivity index is 1.58. The molecule has 0 bridgehead atoms. The zero-order valence-corrected chi connectivity index (χ0v) is 40.4. The van der Waals surface area contributed by atoms with Gasteiger partial charge in [0.1, 0.15) is 29.8 Å². The summed E-state index contributed by atoms with van der Waals surface area (Å²) in [6, 6.07) is 11.8. The summed E-state index contributed by atoms with van der Waals surface area (Å²) in [4.78, 5) is 90.6. The molecule has 1 aliphatic carbocycles. The molecule has 0 radical (unpaired) electrons. The van der Waals surface area contributed by atoms with E-state index in [2.05, 4.69) is 36.6 Å². The molecule has 374 valence electrons. The lowest BCUT2D eigenvalue weighted by molar-refractivity contribution is -0.142. The number of urea groups is 1. The number of nitrogens with one attached hydrogen (secondary N) is 6. The average Bonchev–Trinajstić information content (AvgIpc) is 3.81. The number of carbonyl (C=O) groups is 6. The van der Waals surface area contributed by atoms with Gasteiger partial charge in [0.05, 0.1) is 25.0 Å². The van der Waals surface area contributed by atoms with Crippen molar-refractivity contribution in [1.82, 2.24) is 41.5 Å². The number of nitrogens with two attached hydrogens (primary N) is 1. The minimum absolute atomic E-state index is 0.00210. The van der Waals surface area contributed by atoms with Crippen LogP contribution < -0.4 is 32.3 Å². The number of carbonyl (C=O) groups excluding carboxylic acids is 5. The first kappa shape index (κ1) is 54.6. The van der Waals surface area contributed by atoms with Gasteiger partial charge in [0.15, 0.2) is 0 Å². The SMILES string of the molecule is CC(C)CN(C[C@H](O)[C@H](CC1CCCCC1)NC(=O)[C@H](Cc1cnc[nH]1)NC(=O)[C@H](Cc1ccccc1)NC(=O)OC(C)(C)C)C(=O)N[C@@H](CCCCN)C(=O)N[C@@H](Cc1ccccc1)C(=O)O. The zero-order valence-electron chi connectivity index (χ0n) is 40.4. The molecule has 68 heavy (non-hydrogen) atoms. The monoisotopic (exact) mass is 946 g/mol. The largest absolute Gasteiger partial charge is 0.480 e. The topological polar surface area (TPSA) is 270 Å². The Hall–Kier alpha value is -6.01. The summed E-state index contributed by atoms with van der Waals surface area (Å²) in [5.41, 5.74) is 6.95. The van der Waals surface area contributed by atoms with Gasteiger partial charge in [-0.25, -0.2) is 19.4 Å². The molecule has 10 N–H and O–H groups in total. The van der Waals surface area contributed by atoms with Crippen LogP contribution in [0.1, 0.15) is 109 Å². The second-order valence-electron chi connectivity index (χ2n) is 19.3. The first-order chi connectivity index (χ1) is 32.4. The van der Waals surface area contributed by atoms with Crippen LogP contribution in [0.2, 0.25) is 0 Å². The van der Waals surface area contributed by atoms with Crippen molar-refractivity contribution in [3.05, 3.63) is 90.0 Å². The summed E-state index contributed by atoms with van der Waals surface area (Å²) in [6.07, 6.45) is 7.53. The summed E-state index contributed by atoms with van der Waals surface area (Å²) in [7, 11) is 0. The Morgan fingerprint density at radius 2 is 1.34 bits per heavy atom. The number of imidazole rings is 1. The van der Waals surface area contributed by atoms with Crippen molar-refractivity contribution in [2.45, 2.75) is 154 Å². The minimum Gasteiger partial charge on any atom is -0.480 e.